The van der Waals surface area contributed by atoms with Gasteiger partial charge in [-0.15, -0.1) is 0 Å². The van der Waals surface area contributed by atoms with Gasteiger partial charge in [0.25, 0.3) is 0 Å². The van der Waals surface area contributed by atoms with E-state index in [0.717, 1.165) is 13.0 Å². The molecule has 0 heterocycles. The van der Waals surface area contributed by atoms with E-state index in [0.29, 0.717) is 152 Å². The van der Waals surface area contributed by atoms with Gasteiger partial charge in [-0.3, -0.25) is 0 Å². The quantitative estimate of drug-likeness (QED) is 0.0639. The third kappa shape index (κ3) is 58.0. The summed E-state index contributed by atoms with van der Waals surface area (Å²) in [6.45, 7) is 14.3. The maximum Gasteiger partial charge on any atom is 1.00 e. The van der Waals surface area contributed by atoms with Gasteiger partial charge in [-0.05, 0) is 6.42 Å². The monoisotopic (exact) mass is 851 g/mol. The molecule has 0 aliphatic rings. The molecule has 0 aromatic carbocycles. The minimum Gasteiger partial charge on any atom is -0.548 e. The van der Waals surface area contributed by atoms with Gasteiger partial charge in [0.05, 0.1) is 171 Å². The van der Waals surface area contributed by atoms with Crippen molar-refractivity contribution in [1.29, 1.82) is 0 Å². The summed E-state index contributed by atoms with van der Waals surface area (Å²) in [5.74, 6) is -1.24. The normalized spacial score (nSPS) is 11.4. The molecule has 0 aliphatic carbocycles. The molecule has 0 unspecified atom stereocenters. The van der Waals surface area contributed by atoms with Crippen molar-refractivity contribution in [3.05, 3.63) is 0 Å². The summed E-state index contributed by atoms with van der Waals surface area (Å²) in [6, 6.07) is 0. The van der Waals surface area contributed by atoms with E-state index in [-0.39, 0.29) is 36.2 Å². The number of aliphatic carboxylic acids is 1. The van der Waals surface area contributed by atoms with Crippen LogP contribution < -0.4 is 34.7 Å². The SMILES string of the molecule is CCCCCCCCCCCCCCCCOCCOCCOCCOCCOCCOCCOCCOCCOCCOCCOCCOCCOCC(=O)[O-].[Na+]. The Morgan fingerprint density at radius 1 is 0.276 bits per heavy atom. The topological polar surface area (TPSA) is 160 Å². The van der Waals surface area contributed by atoms with Gasteiger partial charge in [0.15, 0.2) is 0 Å². The van der Waals surface area contributed by atoms with Gasteiger partial charge in [0.2, 0.25) is 0 Å². The summed E-state index contributed by atoms with van der Waals surface area (Å²) < 4.78 is 70.6. The van der Waals surface area contributed by atoms with Crippen molar-refractivity contribution >= 4 is 5.97 Å². The van der Waals surface area contributed by atoms with Gasteiger partial charge >= 0.3 is 29.6 Å². The Morgan fingerprint density at radius 3 is 0.655 bits per heavy atom. The van der Waals surface area contributed by atoms with Gasteiger partial charge in [0.1, 0.15) is 0 Å². The number of carboxylic acids is 1. The second-order valence-electron chi connectivity index (χ2n) is 13.4. The molecule has 0 spiro atoms. The number of unbranched alkanes of at least 4 members (excludes halogenated alkanes) is 13. The third-order valence-corrected chi connectivity index (χ3v) is 8.33. The third-order valence-electron chi connectivity index (χ3n) is 8.33. The van der Waals surface area contributed by atoms with E-state index >= 15 is 0 Å². The van der Waals surface area contributed by atoms with Crippen molar-refractivity contribution in [3.8, 4) is 0 Å². The van der Waals surface area contributed by atoms with E-state index < -0.39 is 12.6 Å². The van der Waals surface area contributed by atoms with Gasteiger partial charge in [-0.2, -0.15) is 0 Å². The van der Waals surface area contributed by atoms with Crippen LogP contribution in [0.1, 0.15) is 96.8 Å². The largest absolute Gasteiger partial charge is 1.00 e. The number of hydrogen-bond acceptors (Lipinski definition) is 15. The number of carbonyl (C=O) groups excluding carboxylic acids is 1. The average Bonchev–Trinajstić information content (AvgIpc) is 3.21. The fourth-order valence-electron chi connectivity index (χ4n) is 5.19. The van der Waals surface area contributed by atoms with Crippen LogP contribution in [0.4, 0.5) is 0 Å². The molecule has 58 heavy (non-hydrogen) atoms. The molecule has 0 atom stereocenters. The number of carbonyl (C=O) groups is 1. The van der Waals surface area contributed by atoms with Crippen LogP contribution in [-0.4, -0.2) is 178 Å². The first-order valence-corrected chi connectivity index (χ1v) is 22.0. The molecule has 0 amide bonds. The molecular formula is C42H83NaO15. The summed E-state index contributed by atoms with van der Waals surface area (Å²) in [6.07, 6.45) is 19.2. The fourth-order valence-corrected chi connectivity index (χ4v) is 5.19. The van der Waals surface area contributed by atoms with Crippen LogP contribution in [0.5, 0.6) is 0 Å². The molecule has 0 rings (SSSR count). The van der Waals surface area contributed by atoms with Crippen LogP contribution in [0.3, 0.4) is 0 Å². The molecule has 0 bridgehead atoms. The van der Waals surface area contributed by atoms with Crippen molar-refractivity contribution < 1.29 is 101 Å². The van der Waals surface area contributed by atoms with Crippen molar-refractivity contribution in [2.75, 3.05) is 172 Å². The predicted octanol–water partition coefficient (Wildman–Crippen LogP) is 1.44. The number of ether oxygens (including phenoxy) is 13. The zero-order chi connectivity index (χ0) is 41.1. The molecule has 0 saturated carbocycles. The minimum absolute atomic E-state index is 0. The van der Waals surface area contributed by atoms with E-state index in [4.69, 9.17) is 61.6 Å². The predicted molar refractivity (Wildman–Crippen MR) is 216 cm³/mol. The summed E-state index contributed by atoms with van der Waals surface area (Å²) in [4.78, 5) is 10.2. The zero-order valence-corrected chi connectivity index (χ0v) is 38.9. The molecule has 0 N–H and O–H groups in total. The molecule has 0 aromatic rings. The Morgan fingerprint density at radius 2 is 0.448 bits per heavy atom. The van der Waals surface area contributed by atoms with Crippen LogP contribution in [-0.2, 0) is 66.4 Å². The van der Waals surface area contributed by atoms with Gasteiger partial charge in [-0.1, -0.05) is 90.4 Å². The van der Waals surface area contributed by atoms with Crippen molar-refractivity contribution in [3.63, 3.8) is 0 Å². The Bertz CT molecular complexity index is 745. The minimum atomic E-state index is -1.24. The standard InChI is InChI=1S/C42H84O15.Na/c1-2-3-4-5-6-7-8-9-10-11-12-13-14-15-16-45-17-18-46-19-20-47-21-22-48-23-24-49-25-26-50-27-28-51-29-30-52-31-32-53-33-34-54-35-36-55-37-38-56-39-40-57-41-42(43)44;/h2-41H2,1H3,(H,43,44);/q;+1/p-1. The average molecular weight is 851 g/mol. The van der Waals surface area contributed by atoms with Gasteiger partial charge in [0, 0.05) is 6.61 Å². The first-order chi connectivity index (χ1) is 28.3. The molecule has 0 saturated heterocycles. The van der Waals surface area contributed by atoms with Crippen LogP contribution in [0.15, 0.2) is 0 Å². The molecule has 0 aromatic heterocycles. The van der Waals surface area contributed by atoms with E-state index in [1.54, 1.807) is 0 Å². The Hall–Kier alpha value is -0.0500. The molecule has 16 heteroatoms. The second-order valence-corrected chi connectivity index (χ2v) is 13.4. The number of carboxylic acid groups (broad SMARTS) is 1. The summed E-state index contributed by atoms with van der Waals surface area (Å²) >= 11 is 0. The van der Waals surface area contributed by atoms with Crippen molar-refractivity contribution in [1.82, 2.24) is 0 Å². The maximum absolute atomic E-state index is 10.2. The van der Waals surface area contributed by atoms with Crippen molar-refractivity contribution in [2.24, 2.45) is 0 Å². The number of rotatable bonds is 53. The van der Waals surface area contributed by atoms with Crippen molar-refractivity contribution in [2.45, 2.75) is 96.8 Å². The van der Waals surface area contributed by atoms with Crippen LogP contribution in [0, 0.1) is 0 Å². The summed E-state index contributed by atoms with van der Waals surface area (Å²) in [5, 5.41) is 10.2. The summed E-state index contributed by atoms with van der Waals surface area (Å²) in [5.41, 5.74) is 0. The summed E-state index contributed by atoms with van der Waals surface area (Å²) in [7, 11) is 0. The first-order valence-electron chi connectivity index (χ1n) is 22.0. The maximum atomic E-state index is 10.2. The zero-order valence-electron chi connectivity index (χ0n) is 36.9. The molecular weight excluding hydrogens is 767 g/mol. The van der Waals surface area contributed by atoms with E-state index in [1.165, 1.54) is 83.5 Å². The Kier molecular flexibility index (Phi) is 59.0. The van der Waals surface area contributed by atoms with E-state index in [1.807, 2.05) is 0 Å². The van der Waals surface area contributed by atoms with E-state index in [2.05, 4.69) is 6.92 Å². The molecule has 342 valence electrons. The Labute approximate surface area is 374 Å². The molecule has 15 nitrogen and oxygen atoms in total. The fraction of sp³-hybridized carbons (Fsp3) is 0.976. The van der Waals surface area contributed by atoms with Crippen LogP contribution in [0.25, 0.3) is 0 Å². The van der Waals surface area contributed by atoms with Gasteiger partial charge in [-0.25, -0.2) is 0 Å². The molecule has 0 radical (unpaired) electrons. The van der Waals surface area contributed by atoms with E-state index in [9.17, 15) is 9.90 Å². The van der Waals surface area contributed by atoms with Gasteiger partial charge < -0.3 is 71.5 Å². The number of hydrogen-bond donors (Lipinski definition) is 0. The first kappa shape index (κ1) is 60.0. The van der Waals surface area contributed by atoms with Crippen LogP contribution in [0.2, 0.25) is 0 Å². The second kappa shape index (κ2) is 57.0. The molecule has 0 aliphatic heterocycles. The molecule has 0 fully saturated rings. The Balaban J connectivity index is 0. The van der Waals surface area contributed by atoms with Crippen LogP contribution >= 0.6 is 0 Å². The smallest absolute Gasteiger partial charge is 0.548 e.